The number of aromatic nitrogens is 2. The number of nitrogens with zero attached hydrogens (tertiary/aromatic N) is 1. The van der Waals surface area contributed by atoms with E-state index >= 15 is 0 Å². The zero-order chi connectivity index (χ0) is 14.1. The average molecular weight is 355 g/mol. The highest BCUT2D eigenvalue weighted by Crippen LogP contribution is 2.25. The van der Waals surface area contributed by atoms with Crippen molar-refractivity contribution >= 4 is 39.2 Å². The zero-order valence-corrected chi connectivity index (χ0v) is 13.5. The van der Waals surface area contributed by atoms with Crippen LogP contribution in [0.2, 0.25) is 0 Å². The first-order chi connectivity index (χ1) is 9.65. The Labute approximate surface area is 130 Å². The summed E-state index contributed by atoms with van der Waals surface area (Å²) < 4.78 is 16.7. The van der Waals surface area contributed by atoms with Crippen molar-refractivity contribution in [1.82, 2.24) is 9.55 Å². The van der Waals surface area contributed by atoms with Crippen molar-refractivity contribution in [1.29, 1.82) is 0 Å². The maximum absolute atomic E-state index is 13.5. The van der Waals surface area contributed by atoms with Gasteiger partial charge in [0.15, 0.2) is 4.77 Å². The quantitative estimate of drug-likeness (QED) is 0.570. The second kappa shape index (κ2) is 5.82. The Morgan fingerprint density at radius 1 is 1.35 bits per heavy atom. The van der Waals surface area contributed by atoms with E-state index in [1.54, 1.807) is 6.07 Å². The summed E-state index contributed by atoms with van der Waals surface area (Å²) in [5.74, 6) is -0.268. The fourth-order valence-corrected chi connectivity index (χ4v) is 3.39. The number of H-pyrrole nitrogens is 1. The fraction of sp³-hybridized carbons (Fsp3) is 0.400. The van der Waals surface area contributed by atoms with Crippen LogP contribution >= 0.6 is 28.1 Å². The van der Waals surface area contributed by atoms with Crippen molar-refractivity contribution in [3.63, 3.8) is 0 Å². The Kier molecular flexibility index (Phi) is 4.08. The Hall–Kier alpha value is -0.940. The highest BCUT2D eigenvalue weighted by Gasteiger charge is 2.10. The largest absolute Gasteiger partial charge is 0.330 e. The van der Waals surface area contributed by atoms with Crippen molar-refractivity contribution in [2.24, 2.45) is 0 Å². The molecule has 0 fully saturated rings. The van der Waals surface area contributed by atoms with E-state index in [0.29, 0.717) is 9.24 Å². The van der Waals surface area contributed by atoms with Crippen LogP contribution in [-0.4, -0.2) is 9.55 Å². The molecule has 0 atom stereocenters. The van der Waals surface area contributed by atoms with Gasteiger partial charge in [-0.3, -0.25) is 0 Å². The van der Waals surface area contributed by atoms with Crippen molar-refractivity contribution < 1.29 is 4.39 Å². The molecule has 0 radical (unpaired) electrons. The summed E-state index contributed by atoms with van der Waals surface area (Å²) in [6.45, 7) is 0.850. The molecule has 5 heteroatoms. The molecular weight excluding hydrogens is 339 g/mol. The number of fused-ring (bicyclic) bond motifs is 1. The van der Waals surface area contributed by atoms with E-state index < -0.39 is 0 Å². The number of imidazole rings is 1. The number of allylic oxidation sites excluding steroid dienone is 2. The molecule has 1 N–H and O–H groups in total. The molecule has 0 bridgehead atoms. The lowest BCUT2D eigenvalue weighted by Crippen LogP contribution is -2.01. The van der Waals surface area contributed by atoms with Gasteiger partial charge in [-0.15, -0.1) is 0 Å². The van der Waals surface area contributed by atoms with Crippen molar-refractivity contribution in [3.05, 3.63) is 38.8 Å². The second-order valence-electron chi connectivity index (χ2n) is 5.22. The molecule has 1 aromatic heterocycles. The van der Waals surface area contributed by atoms with Gasteiger partial charge < -0.3 is 9.55 Å². The Bertz CT molecular complexity index is 729. The van der Waals surface area contributed by atoms with Gasteiger partial charge in [0, 0.05) is 12.6 Å². The van der Waals surface area contributed by atoms with E-state index in [2.05, 4.69) is 31.6 Å². The van der Waals surface area contributed by atoms with Crippen LogP contribution < -0.4 is 0 Å². The molecular formula is C15H16BrFN2S. The Morgan fingerprint density at radius 2 is 2.20 bits per heavy atom. The monoisotopic (exact) mass is 354 g/mol. The number of hydrogen-bond donors (Lipinski definition) is 1. The lowest BCUT2D eigenvalue weighted by atomic mass is 9.97. The van der Waals surface area contributed by atoms with E-state index in [0.717, 1.165) is 24.0 Å². The molecule has 1 aromatic carbocycles. The highest BCUT2D eigenvalue weighted by molar-refractivity contribution is 9.10. The number of benzene rings is 1. The SMILES string of the molecule is Fc1cc2[nH]c(=S)n(CCC3=CCCCC3)c2cc1Br. The lowest BCUT2D eigenvalue weighted by Gasteiger charge is -2.13. The molecule has 20 heavy (non-hydrogen) atoms. The minimum Gasteiger partial charge on any atom is -0.330 e. The summed E-state index contributed by atoms with van der Waals surface area (Å²) in [5.41, 5.74) is 3.24. The molecule has 0 amide bonds. The van der Waals surface area contributed by atoms with Gasteiger partial charge in [-0.2, -0.15) is 0 Å². The first kappa shape index (κ1) is 14.0. The van der Waals surface area contributed by atoms with Gasteiger partial charge in [-0.05, 0) is 66.3 Å². The van der Waals surface area contributed by atoms with E-state index in [1.165, 1.54) is 37.3 Å². The van der Waals surface area contributed by atoms with Crippen LogP contribution in [0.3, 0.4) is 0 Å². The number of halogens is 2. The number of hydrogen-bond acceptors (Lipinski definition) is 1. The van der Waals surface area contributed by atoms with Crippen LogP contribution in [-0.2, 0) is 6.54 Å². The third-order valence-corrected chi connectivity index (χ3v) is 4.79. The maximum Gasteiger partial charge on any atom is 0.178 e. The molecule has 1 heterocycles. The lowest BCUT2D eigenvalue weighted by molar-refractivity contribution is 0.621. The molecule has 106 valence electrons. The van der Waals surface area contributed by atoms with Gasteiger partial charge in [0.2, 0.25) is 0 Å². The predicted molar refractivity (Wildman–Crippen MR) is 85.9 cm³/mol. The van der Waals surface area contributed by atoms with Crippen LogP contribution in [0.4, 0.5) is 4.39 Å². The van der Waals surface area contributed by atoms with Gasteiger partial charge in [-0.25, -0.2) is 4.39 Å². The number of aryl methyl sites for hydroxylation is 1. The molecule has 0 unspecified atom stereocenters. The summed E-state index contributed by atoms with van der Waals surface area (Å²) in [7, 11) is 0. The fourth-order valence-electron chi connectivity index (χ4n) is 2.76. The first-order valence-electron chi connectivity index (χ1n) is 6.90. The molecule has 1 aliphatic carbocycles. The van der Waals surface area contributed by atoms with Gasteiger partial charge in [0.25, 0.3) is 0 Å². The normalized spacial score (nSPS) is 15.6. The predicted octanol–water partition coefficient (Wildman–Crippen LogP) is 5.49. The standard InChI is InChI=1S/C15H16BrFN2S/c16-11-8-14-13(9-12(11)17)18-15(20)19(14)7-6-10-4-2-1-3-5-10/h4,8-9H,1-3,5-7H2,(H,18,20). The number of nitrogens with one attached hydrogen (secondary N) is 1. The Balaban J connectivity index is 1.90. The third-order valence-electron chi connectivity index (χ3n) is 3.86. The van der Waals surface area contributed by atoms with Gasteiger partial charge in [-0.1, -0.05) is 11.6 Å². The number of aromatic amines is 1. The molecule has 0 saturated heterocycles. The van der Waals surface area contributed by atoms with Gasteiger partial charge in [0.05, 0.1) is 15.5 Å². The van der Waals surface area contributed by atoms with E-state index in [-0.39, 0.29) is 5.82 Å². The molecule has 1 aliphatic rings. The summed E-state index contributed by atoms with van der Waals surface area (Å²) in [4.78, 5) is 3.08. The first-order valence-corrected chi connectivity index (χ1v) is 8.11. The van der Waals surface area contributed by atoms with E-state index in [4.69, 9.17) is 12.2 Å². The maximum atomic E-state index is 13.5. The van der Waals surface area contributed by atoms with Crippen LogP contribution in [0.5, 0.6) is 0 Å². The van der Waals surface area contributed by atoms with Crippen molar-refractivity contribution in [2.75, 3.05) is 0 Å². The highest BCUT2D eigenvalue weighted by atomic mass is 79.9. The molecule has 2 aromatic rings. The van der Waals surface area contributed by atoms with Crippen molar-refractivity contribution in [3.8, 4) is 0 Å². The van der Waals surface area contributed by atoms with Crippen LogP contribution in [0.1, 0.15) is 32.1 Å². The van der Waals surface area contributed by atoms with Crippen LogP contribution in [0.25, 0.3) is 11.0 Å². The summed E-state index contributed by atoms with van der Waals surface area (Å²) in [6, 6.07) is 3.29. The Morgan fingerprint density at radius 3 is 2.95 bits per heavy atom. The van der Waals surface area contributed by atoms with Crippen molar-refractivity contribution in [2.45, 2.75) is 38.6 Å². The van der Waals surface area contributed by atoms with Gasteiger partial charge in [0.1, 0.15) is 5.82 Å². The summed E-state index contributed by atoms with van der Waals surface area (Å²) in [6.07, 6.45) is 8.39. The molecule has 2 nitrogen and oxygen atoms in total. The smallest absolute Gasteiger partial charge is 0.178 e. The summed E-state index contributed by atoms with van der Waals surface area (Å²) >= 11 is 8.60. The van der Waals surface area contributed by atoms with Crippen LogP contribution in [0.15, 0.2) is 28.3 Å². The molecule has 0 saturated carbocycles. The molecule has 3 rings (SSSR count). The minimum absolute atomic E-state index is 0.268. The zero-order valence-electron chi connectivity index (χ0n) is 11.1. The molecule has 0 aliphatic heterocycles. The minimum atomic E-state index is -0.268. The second-order valence-corrected chi connectivity index (χ2v) is 6.46. The number of rotatable bonds is 3. The topological polar surface area (TPSA) is 20.7 Å². The third kappa shape index (κ3) is 2.74. The van der Waals surface area contributed by atoms with Crippen LogP contribution in [0, 0.1) is 10.6 Å². The van der Waals surface area contributed by atoms with E-state index in [1.807, 2.05) is 0 Å². The summed E-state index contributed by atoms with van der Waals surface area (Å²) in [5, 5.41) is 0. The molecule has 0 spiro atoms. The average Bonchev–Trinajstić information content (AvgIpc) is 2.73. The van der Waals surface area contributed by atoms with E-state index in [9.17, 15) is 4.39 Å². The van der Waals surface area contributed by atoms with Gasteiger partial charge >= 0.3 is 0 Å².